The number of rotatable bonds is 1. The van der Waals surface area contributed by atoms with E-state index in [4.69, 9.17) is 0 Å². The number of carbonyl (C=O) groups excluding carboxylic acids is 1. The lowest BCUT2D eigenvalue weighted by Crippen LogP contribution is -2.21. The van der Waals surface area contributed by atoms with E-state index in [0.29, 0.717) is 0 Å². The molecule has 2 aliphatic rings. The maximum atomic E-state index is 12.6. The Morgan fingerprint density at radius 2 is 1.90 bits per heavy atom. The first-order valence-electron chi connectivity index (χ1n) is 6.75. The fraction of sp³-hybridized carbons (Fsp3) is 0.118. The van der Waals surface area contributed by atoms with Gasteiger partial charge in [0.15, 0.2) is 0 Å². The standard InChI is InChI=1S/C17H14N2O/c1-11-14-4-2-3-5-15(14)17(20)19(11)13-6-7-16-12(10-13)8-9-18-16/h2-7,10,18H,1,8-9H2. The fourth-order valence-corrected chi connectivity index (χ4v) is 2.99. The van der Waals surface area contributed by atoms with Gasteiger partial charge in [0.05, 0.1) is 5.70 Å². The second-order valence-electron chi connectivity index (χ2n) is 5.15. The Balaban J connectivity index is 1.81. The molecule has 20 heavy (non-hydrogen) atoms. The molecule has 0 aliphatic carbocycles. The van der Waals surface area contributed by atoms with E-state index in [1.165, 1.54) is 11.3 Å². The van der Waals surface area contributed by atoms with Gasteiger partial charge in [0.1, 0.15) is 0 Å². The monoisotopic (exact) mass is 262 g/mol. The molecule has 0 radical (unpaired) electrons. The van der Waals surface area contributed by atoms with E-state index in [-0.39, 0.29) is 5.91 Å². The first kappa shape index (κ1) is 11.3. The highest BCUT2D eigenvalue weighted by Crippen LogP contribution is 2.37. The third-order valence-corrected chi connectivity index (χ3v) is 4.00. The molecule has 0 bridgehead atoms. The molecule has 1 amide bonds. The molecule has 3 heteroatoms. The molecule has 2 heterocycles. The number of carbonyl (C=O) groups is 1. The molecule has 2 aliphatic heterocycles. The first-order valence-corrected chi connectivity index (χ1v) is 6.75. The van der Waals surface area contributed by atoms with Crippen LogP contribution in [0.4, 0.5) is 11.4 Å². The minimum absolute atomic E-state index is 0.0107. The molecule has 2 aromatic rings. The van der Waals surface area contributed by atoms with Gasteiger partial charge in [-0.1, -0.05) is 24.8 Å². The Morgan fingerprint density at radius 3 is 2.70 bits per heavy atom. The summed E-state index contributed by atoms with van der Waals surface area (Å²) in [6, 6.07) is 13.7. The number of nitrogens with zero attached hydrogens (tertiary/aromatic N) is 1. The average molecular weight is 262 g/mol. The van der Waals surface area contributed by atoms with Gasteiger partial charge < -0.3 is 5.32 Å². The maximum absolute atomic E-state index is 12.6. The third kappa shape index (κ3) is 1.43. The van der Waals surface area contributed by atoms with Crippen molar-refractivity contribution in [1.82, 2.24) is 0 Å². The van der Waals surface area contributed by atoms with Crippen LogP contribution in [0.15, 0.2) is 49.0 Å². The fourth-order valence-electron chi connectivity index (χ4n) is 2.99. The van der Waals surface area contributed by atoms with Gasteiger partial charge in [0, 0.05) is 29.0 Å². The van der Waals surface area contributed by atoms with Crippen molar-refractivity contribution in [3.8, 4) is 0 Å². The number of amides is 1. The Kier molecular flexibility index (Phi) is 2.24. The Hall–Kier alpha value is -2.55. The molecule has 0 atom stereocenters. The van der Waals surface area contributed by atoms with E-state index < -0.39 is 0 Å². The average Bonchev–Trinajstić information content (AvgIpc) is 3.03. The Labute approximate surface area is 117 Å². The van der Waals surface area contributed by atoms with Crippen LogP contribution in [0.25, 0.3) is 5.70 Å². The van der Waals surface area contributed by atoms with Gasteiger partial charge in [-0.3, -0.25) is 9.69 Å². The van der Waals surface area contributed by atoms with Crippen molar-refractivity contribution in [1.29, 1.82) is 0 Å². The lowest BCUT2D eigenvalue weighted by atomic mass is 10.1. The number of hydrogen-bond acceptors (Lipinski definition) is 2. The molecule has 98 valence electrons. The highest BCUT2D eigenvalue weighted by atomic mass is 16.2. The van der Waals surface area contributed by atoms with E-state index >= 15 is 0 Å². The molecule has 0 aromatic heterocycles. The summed E-state index contributed by atoms with van der Waals surface area (Å²) in [5, 5.41) is 3.33. The summed E-state index contributed by atoms with van der Waals surface area (Å²) < 4.78 is 0. The van der Waals surface area contributed by atoms with Crippen LogP contribution in [0.2, 0.25) is 0 Å². The van der Waals surface area contributed by atoms with Crippen molar-refractivity contribution in [3.05, 3.63) is 65.7 Å². The Morgan fingerprint density at radius 1 is 1.10 bits per heavy atom. The van der Waals surface area contributed by atoms with E-state index in [0.717, 1.165) is 35.5 Å². The van der Waals surface area contributed by atoms with Crippen molar-refractivity contribution in [2.75, 3.05) is 16.8 Å². The second kappa shape index (κ2) is 3.97. The normalized spacial score (nSPS) is 16.1. The van der Waals surface area contributed by atoms with Crippen LogP contribution < -0.4 is 10.2 Å². The van der Waals surface area contributed by atoms with E-state index in [1.54, 1.807) is 4.90 Å². The second-order valence-corrected chi connectivity index (χ2v) is 5.15. The number of benzene rings is 2. The van der Waals surface area contributed by atoms with Gasteiger partial charge in [0.2, 0.25) is 0 Å². The SMILES string of the molecule is C=C1c2ccccc2C(=O)N1c1ccc2c(c1)CCN2. The number of fused-ring (bicyclic) bond motifs is 2. The zero-order valence-electron chi connectivity index (χ0n) is 11.0. The predicted octanol–water partition coefficient (Wildman–Crippen LogP) is 3.29. The first-order chi connectivity index (χ1) is 9.75. The molecule has 4 rings (SSSR count). The van der Waals surface area contributed by atoms with Gasteiger partial charge >= 0.3 is 0 Å². The van der Waals surface area contributed by atoms with Gasteiger partial charge in [0.25, 0.3) is 5.91 Å². The van der Waals surface area contributed by atoms with Crippen LogP contribution in [0.3, 0.4) is 0 Å². The molecule has 0 saturated carbocycles. The summed E-state index contributed by atoms with van der Waals surface area (Å²) >= 11 is 0. The van der Waals surface area contributed by atoms with Crippen molar-refractivity contribution >= 4 is 23.0 Å². The summed E-state index contributed by atoms with van der Waals surface area (Å²) in [6.45, 7) is 5.05. The third-order valence-electron chi connectivity index (χ3n) is 4.00. The zero-order chi connectivity index (χ0) is 13.7. The van der Waals surface area contributed by atoms with Crippen molar-refractivity contribution < 1.29 is 4.79 Å². The van der Waals surface area contributed by atoms with Crippen molar-refractivity contribution in [2.24, 2.45) is 0 Å². The van der Waals surface area contributed by atoms with E-state index in [2.05, 4.69) is 18.0 Å². The smallest absolute Gasteiger partial charge is 0.263 e. The van der Waals surface area contributed by atoms with Crippen LogP contribution in [-0.4, -0.2) is 12.5 Å². The topological polar surface area (TPSA) is 32.3 Å². The van der Waals surface area contributed by atoms with E-state index in [1.807, 2.05) is 36.4 Å². The molecule has 0 fully saturated rings. The van der Waals surface area contributed by atoms with Crippen LogP contribution in [0.5, 0.6) is 0 Å². The summed E-state index contributed by atoms with van der Waals surface area (Å²) in [6.07, 6.45) is 1.00. The lowest BCUT2D eigenvalue weighted by molar-refractivity contribution is 0.101. The zero-order valence-corrected chi connectivity index (χ0v) is 11.0. The van der Waals surface area contributed by atoms with Crippen LogP contribution in [0, 0.1) is 0 Å². The van der Waals surface area contributed by atoms with Crippen LogP contribution in [0.1, 0.15) is 21.5 Å². The van der Waals surface area contributed by atoms with Gasteiger partial charge in [-0.15, -0.1) is 0 Å². The highest BCUT2D eigenvalue weighted by Gasteiger charge is 2.32. The highest BCUT2D eigenvalue weighted by molar-refractivity contribution is 6.22. The summed E-state index contributed by atoms with van der Waals surface area (Å²) in [5.41, 5.74) is 5.75. The number of anilines is 2. The quantitative estimate of drug-likeness (QED) is 0.855. The van der Waals surface area contributed by atoms with Crippen LogP contribution in [-0.2, 0) is 6.42 Å². The molecule has 0 saturated heterocycles. The van der Waals surface area contributed by atoms with Crippen LogP contribution >= 0.6 is 0 Å². The predicted molar refractivity (Wildman–Crippen MR) is 80.9 cm³/mol. The molecular formula is C17H14N2O. The van der Waals surface area contributed by atoms with Gasteiger partial charge in [-0.25, -0.2) is 0 Å². The van der Waals surface area contributed by atoms with Crippen molar-refractivity contribution in [2.45, 2.75) is 6.42 Å². The summed E-state index contributed by atoms with van der Waals surface area (Å²) in [4.78, 5) is 14.3. The van der Waals surface area contributed by atoms with E-state index in [9.17, 15) is 4.79 Å². The molecule has 0 spiro atoms. The molecule has 0 unspecified atom stereocenters. The number of hydrogen-bond donors (Lipinski definition) is 1. The molecule has 1 N–H and O–H groups in total. The minimum Gasteiger partial charge on any atom is -0.384 e. The molecular weight excluding hydrogens is 248 g/mol. The van der Waals surface area contributed by atoms with Gasteiger partial charge in [-0.2, -0.15) is 0 Å². The van der Waals surface area contributed by atoms with Crippen molar-refractivity contribution in [3.63, 3.8) is 0 Å². The Bertz CT molecular complexity index is 713. The minimum atomic E-state index is 0.0107. The molecule has 3 nitrogen and oxygen atoms in total. The lowest BCUT2D eigenvalue weighted by Gasteiger charge is -2.18. The summed E-state index contributed by atoms with van der Waals surface area (Å²) in [7, 11) is 0. The van der Waals surface area contributed by atoms with Gasteiger partial charge in [-0.05, 0) is 36.2 Å². The summed E-state index contributed by atoms with van der Waals surface area (Å²) in [5.74, 6) is 0.0107. The largest absolute Gasteiger partial charge is 0.384 e. The number of nitrogens with one attached hydrogen (secondary N) is 1. The maximum Gasteiger partial charge on any atom is 0.263 e. The molecule has 2 aromatic carbocycles.